The van der Waals surface area contributed by atoms with E-state index in [4.69, 9.17) is 15.0 Å². The average Bonchev–Trinajstić information content (AvgIpc) is 2.93. The predicted octanol–water partition coefficient (Wildman–Crippen LogP) is 3.90. The molecule has 2 aromatic heterocycles. The average molecular weight is 525 g/mol. The Morgan fingerprint density at radius 3 is 1.97 bits per heavy atom. The number of aromatic nitrogens is 4. The van der Waals surface area contributed by atoms with Gasteiger partial charge in [0.15, 0.2) is 5.82 Å². The quantitative estimate of drug-likeness (QED) is 0.450. The van der Waals surface area contributed by atoms with Gasteiger partial charge in [-0.1, -0.05) is 35.9 Å². The van der Waals surface area contributed by atoms with Crippen LogP contribution in [0.5, 0.6) is 0 Å². The molecule has 0 amide bonds. The Balaban J connectivity index is 1.39. The summed E-state index contributed by atoms with van der Waals surface area (Å²) in [5, 5.41) is 0. The molecule has 8 nitrogen and oxygen atoms in total. The standard InChI is InChI=1S/C27H31F3N8/c1-3-11-35-12-14-37(15-13-35)25-32-23(21-8-6-20(2)7-9-21)33-26(34-25)38-18-16-36(17-19-38)24-22(27(28,29)30)5-4-10-31-24/h3-10H,1,11-19H2,2H3. The van der Waals surface area contributed by atoms with E-state index in [1.54, 1.807) is 4.90 Å². The zero-order valence-electron chi connectivity index (χ0n) is 21.4. The molecule has 1 aromatic carbocycles. The fourth-order valence-corrected chi connectivity index (χ4v) is 4.77. The Hall–Kier alpha value is -3.73. The van der Waals surface area contributed by atoms with Gasteiger partial charge in [0.1, 0.15) is 5.82 Å². The molecule has 5 rings (SSSR count). The number of alkyl halides is 3. The number of anilines is 3. The second-order valence-electron chi connectivity index (χ2n) is 9.55. The van der Waals surface area contributed by atoms with Gasteiger partial charge in [0.05, 0.1) is 5.56 Å². The number of pyridine rings is 1. The summed E-state index contributed by atoms with van der Waals surface area (Å²) >= 11 is 0. The lowest BCUT2D eigenvalue weighted by atomic mass is 10.1. The summed E-state index contributed by atoms with van der Waals surface area (Å²) in [5.41, 5.74) is 1.33. The lowest BCUT2D eigenvalue weighted by Gasteiger charge is -2.37. The smallest absolute Gasteiger partial charge is 0.353 e. The van der Waals surface area contributed by atoms with Gasteiger partial charge in [0, 0.05) is 70.7 Å². The molecule has 0 spiro atoms. The van der Waals surface area contributed by atoms with Crippen LogP contribution in [0.2, 0.25) is 0 Å². The summed E-state index contributed by atoms with van der Waals surface area (Å²) in [6.45, 7) is 11.8. The van der Waals surface area contributed by atoms with Crippen LogP contribution in [0, 0.1) is 6.92 Å². The Bertz CT molecular complexity index is 1250. The van der Waals surface area contributed by atoms with Crippen LogP contribution in [0.25, 0.3) is 11.4 Å². The minimum atomic E-state index is -4.46. The molecule has 3 aromatic rings. The summed E-state index contributed by atoms with van der Waals surface area (Å²) in [6.07, 6.45) is -1.14. The SMILES string of the molecule is C=CCN1CCN(c2nc(-c3ccc(C)cc3)nc(N3CCN(c4ncccc4C(F)(F)F)CC3)n2)CC1. The minimum Gasteiger partial charge on any atom is -0.353 e. The molecule has 2 fully saturated rings. The molecule has 0 unspecified atom stereocenters. The summed E-state index contributed by atoms with van der Waals surface area (Å²) in [5.74, 6) is 1.71. The third kappa shape index (κ3) is 5.72. The van der Waals surface area contributed by atoms with E-state index in [0.717, 1.165) is 49.9 Å². The van der Waals surface area contributed by atoms with Crippen LogP contribution in [0.15, 0.2) is 55.3 Å². The van der Waals surface area contributed by atoms with E-state index in [1.165, 1.54) is 12.3 Å². The van der Waals surface area contributed by atoms with Gasteiger partial charge in [-0.3, -0.25) is 4.90 Å². The summed E-state index contributed by atoms with van der Waals surface area (Å²) in [4.78, 5) is 26.7. The largest absolute Gasteiger partial charge is 0.419 e. The summed E-state index contributed by atoms with van der Waals surface area (Å²) in [6, 6.07) is 10.4. The van der Waals surface area contributed by atoms with Crippen molar-refractivity contribution in [3.05, 3.63) is 66.4 Å². The summed E-state index contributed by atoms with van der Waals surface area (Å²) in [7, 11) is 0. The number of benzene rings is 1. The van der Waals surface area contributed by atoms with Crippen molar-refractivity contribution < 1.29 is 13.2 Å². The van der Waals surface area contributed by atoms with Gasteiger partial charge in [-0.05, 0) is 19.1 Å². The Kier molecular flexibility index (Phi) is 7.46. The number of rotatable bonds is 6. The number of hydrogen-bond donors (Lipinski definition) is 0. The molecule has 2 aliphatic rings. The number of nitrogens with zero attached hydrogens (tertiary/aromatic N) is 8. The zero-order valence-corrected chi connectivity index (χ0v) is 21.4. The van der Waals surface area contributed by atoms with Crippen LogP contribution < -0.4 is 14.7 Å². The maximum atomic E-state index is 13.5. The molecule has 2 saturated heterocycles. The molecule has 38 heavy (non-hydrogen) atoms. The van der Waals surface area contributed by atoms with E-state index in [-0.39, 0.29) is 5.82 Å². The van der Waals surface area contributed by atoms with Crippen molar-refractivity contribution >= 4 is 17.7 Å². The lowest BCUT2D eigenvalue weighted by molar-refractivity contribution is -0.137. The van der Waals surface area contributed by atoms with Crippen molar-refractivity contribution in [1.82, 2.24) is 24.8 Å². The first-order valence-corrected chi connectivity index (χ1v) is 12.8. The van der Waals surface area contributed by atoms with Gasteiger partial charge in [0.2, 0.25) is 11.9 Å². The molecular formula is C27H31F3N8. The fourth-order valence-electron chi connectivity index (χ4n) is 4.77. The maximum Gasteiger partial charge on any atom is 0.419 e. The van der Waals surface area contributed by atoms with E-state index < -0.39 is 11.7 Å². The predicted molar refractivity (Wildman–Crippen MR) is 143 cm³/mol. The van der Waals surface area contributed by atoms with Crippen molar-refractivity contribution in [2.24, 2.45) is 0 Å². The van der Waals surface area contributed by atoms with Gasteiger partial charge in [0.25, 0.3) is 0 Å². The third-order valence-corrected chi connectivity index (χ3v) is 6.92. The van der Waals surface area contributed by atoms with E-state index in [9.17, 15) is 13.2 Å². The van der Waals surface area contributed by atoms with Crippen molar-refractivity contribution in [3.8, 4) is 11.4 Å². The molecule has 0 bridgehead atoms. The number of aryl methyl sites for hydroxylation is 1. The van der Waals surface area contributed by atoms with Gasteiger partial charge in [-0.2, -0.15) is 28.1 Å². The molecule has 4 heterocycles. The Morgan fingerprint density at radius 1 is 0.816 bits per heavy atom. The van der Waals surface area contributed by atoms with Gasteiger partial charge in [-0.25, -0.2) is 4.98 Å². The second kappa shape index (κ2) is 10.9. The highest BCUT2D eigenvalue weighted by Gasteiger charge is 2.36. The molecule has 0 atom stereocenters. The highest BCUT2D eigenvalue weighted by Crippen LogP contribution is 2.35. The highest BCUT2D eigenvalue weighted by molar-refractivity contribution is 5.59. The molecule has 0 radical (unpaired) electrons. The van der Waals surface area contributed by atoms with Crippen LogP contribution in [0.3, 0.4) is 0 Å². The Morgan fingerprint density at radius 2 is 1.39 bits per heavy atom. The van der Waals surface area contributed by atoms with Crippen LogP contribution in [-0.2, 0) is 6.18 Å². The van der Waals surface area contributed by atoms with Crippen LogP contribution in [-0.4, -0.2) is 83.7 Å². The van der Waals surface area contributed by atoms with Gasteiger partial charge < -0.3 is 14.7 Å². The minimum absolute atomic E-state index is 0.0336. The monoisotopic (exact) mass is 524 g/mol. The van der Waals surface area contributed by atoms with E-state index in [1.807, 2.05) is 42.2 Å². The van der Waals surface area contributed by atoms with Crippen molar-refractivity contribution in [2.75, 3.05) is 73.6 Å². The van der Waals surface area contributed by atoms with E-state index >= 15 is 0 Å². The molecular weight excluding hydrogens is 493 g/mol. The van der Waals surface area contributed by atoms with E-state index in [2.05, 4.69) is 21.4 Å². The molecule has 0 saturated carbocycles. The first kappa shape index (κ1) is 25.9. The third-order valence-electron chi connectivity index (χ3n) is 6.92. The second-order valence-corrected chi connectivity index (χ2v) is 9.55. The number of piperazine rings is 2. The molecule has 2 aliphatic heterocycles. The summed E-state index contributed by atoms with van der Waals surface area (Å²) < 4.78 is 40.6. The topological polar surface area (TPSA) is 64.5 Å². The van der Waals surface area contributed by atoms with Crippen molar-refractivity contribution in [1.29, 1.82) is 0 Å². The van der Waals surface area contributed by atoms with Crippen LogP contribution in [0.4, 0.5) is 30.9 Å². The fraction of sp³-hybridized carbons (Fsp3) is 0.407. The van der Waals surface area contributed by atoms with Crippen molar-refractivity contribution in [2.45, 2.75) is 13.1 Å². The molecule has 200 valence electrons. The maximum absolute atomic E-state index is 13.5. The number of hydrogen-bond acceptors (Lipinski definition) is 8. The van der Waals surface area contributed by atoms with Gasteiger partial charge >= 0.3 is 6.18 Å². The lowest BCUT2D eigenvalue weighted by Crippen LogP contribution is -2.49. The Labute approximate surface area is 220 Å². The molecule has 0 aliphatic carbocycles. The van der Waals surface area contributed by atoms with Crippen LogP contribution >= 0.6 is 0 Å². The first-order chi connectivity index (χ1) is 18.3. The van der Waals surface area contributed by atoms with Crippen LogP contribution in [0.1, 0.15) is 11.1 Å². The van der Waals surface area contributed by atoms with Crippen molar-refractivity contribution in [3.63, 3.8) is 0 Å². The number of halogens is 3. The highest BCUT2D eigenvalue weighted by atomic mass is 19.4. The molecule has 0 N–H and O–H groups in total. The molecule has 11 heteroatoms. The zero-order chi connectivity index (χ0) is 26.7. The first-order valence-electron chi connectivity index (χ1n) is 12.8. The van der Waals surface area contributed by atoms with Gasteiger partial charge in [-0.15, -0.1) is 6.58 Å². The van der Waals surface area contributed by atoms with E-state index in [0.29, 0.717) is 43.9 Å². The normalized spacial score (nSPS) is 17.1.